The molecule has 1 rings (SSSR count). The zero-order valence-corrected chi connectivity index (χ0v) is 11.8. The number of anilines is 1. The Hall–Kier alpha value is -1.76. The molecule has 1 heterocycles. The zero-order chi connectivity index (χ0) is 14.5. The summed E-state index contributed by atoms with van der Waals surface area (Å²) < 4.78 is 10.2. The van der Waals surface area contributed by atoms with Crippen molar-refractivity contribution < 1.29 is 14.3 Å². The van der Waals surface area contributed by atoms with Crippen molar-refractivity contribution in [3.63, 3.8) is 0 Å². The quantitative estimate of drug-likeness (QED) is 0.645. The molecular weight excluding hydrogens is 272 g/mol. The molecule has 0 saturated heterocycles. The van der Waals surface area contributed by atoms with Crippen molar-refractivity contribution in [1.29, 1.82) is 0 Å². The molecule has 0 bridgehead atoms. The summed E-state index contributed by atoms with van der Waals surface area (Å²) in [7, 11) is 0. The van der Waals surface area contributed by atoms with Crippen molar-refractivity contribution in [2.24, 2.45) is 0 Å². The number of nitrogens with two attached hydrogens (primary N) is 1. The van der Waals surface area contributed by atoms with Crippen LogP contribution in [0.2, 0.25) is 5.28 Å². The summed E-state index contributed by atoms with van der Waals surface area (Å²) in [5.41, 5.74) is 5.23. The third kappa shape index (κ3) is 6.10. The Bertz CT molecular complexity index is 448. The first kappa shape index (κ1) is 15.3. The van der Waals surface area contributed by atoms with E-state index in [0.717, 1.165) is 0 Å². The number of rotatable bonds is 4. The minimum atomic E-state index is -0.503. The first-order chi connectivity index (χ1) is 8.78. The summed E-state index contributed by atoms with van der Waals surface area (Å²) in [6.45, 7) is 5.81. The minimum absolute atomic E-state index is 0.0469. The van der Waals surface area contributed by atoms with E-state index in [1.165, 1.54) is 6.20 Å². The lowest BCUT2D eigenvalue weighted by atomic mass is 10.1. The van der Waals surface area contributed by atoms with E-state index in [1.54, 1.807) is 0 Å². The molecule has 19 heavy (non-hydrogen) atoms. The molecule has 1 amide bonds. The van der Waals surface area contributed by atoms with Crippen LogP contribution in [-0.4, -0.2) is 34.8 Å². The maximum absolute atomic E-state index is 11.3. The van der Waals surface area contributed by atoms with Gasteiger partial charge in [-0.05, 0) is 32.4 Å². The van der Waals surface area contributed by atoms with E-state index < -0.39 is 6.09 Å². The Morgan fingerprint density at radius 2 is 2.16 bits per heavy atom. The molecule has 0 saturated carbocycles. The van der Waals surface area contributed by atoms with E-state index in [-0.39, 0.29) is 29.9 Å². The topological polar surface area (TPSA) is 99.4 Å². The fourth-order valence-corrected chi connectivity index (χ4v) is 1.24. The molecule has 1 aromatic rings. The largest absolute Gasteiger partial charge is 0.485 e. The Labute approximate surface area is 116 Å². The molecule has 7 nitrogen and oxygen atoms in total. The molecule has 0 unspecified atom stereocenters. The number of hydrogen-bond donors (Lipinski definition) is 2. The van der Waals surface area contributed by atoms with Gasteiger partial charge in [0.05, 0.1) is 6.20 Å². The van der Waals surface area contributed by atoms with E-state index in [1.807, 2.05) is 20.8 Å². The molecule has 8 heteroatoms. The number of carbonyl (C=O) groups is 1. The number of nitrogens with zero attached hydrogens (tertiary/aromatic N) is 2. The van der Waals surface area contributed by atoms with E-state index in [4.69, 9.17) is 26.8 Å². The van der Waals surface area contributed by atoms with Gasteiger partial charge in [-0.3, -0.25) is 0 Å². The van der Waals surface area contributed by atoms with Gasteiger partial charge in [-0.15, -0.1) is 0 Å². The van der Waals surface area contributed by atoms with E-state index in [9.17, 15) is 4.79 Å². The molecule has 0 aliphatic heterocycles. The summed E-state index contributed by atoms with van der Waals surface area (Å²) in [4.78, 5) is 18.8. The van der Waals surface area contributed by atoms with Gasteiger partial charge in [-0.25, -0.2) is 9.78 Å². The van der Waals surface area contributed by atoms with E-state index in [2.05, 4.69) is 15.3 Å². The molecule has 0 atom stereocenters. The second-order valence-corrected chi connectivity index (χ2v) is 5.09. The lowest BCUT2D eigenvalue weighted by Gasteiger charge is -2.19. The number of hydrogen-bond acceptors (Lipinski definition) is 6. The van der Waals surface area contributed by atoms with Crippen LogP contribution in [0.15, 0.2) is 6.20 Å². The summed E-state index contributed by atoms with van der Waals surface area (Å²) in [5.74, 6) is 0.434. The first-order valence-electron chi connectivity index (χ1n) is 5.64. The lowest BCUT2D eigenvalue weighted by molar-refractivity contribution is 0.118. The van der Waals surface area contributed by atoms with Gasteiger partial charge in [-0.2, -0.15) is 4.98 Å². The third-order valence-electron chi connectivity index (χ3n) is 1.80. The number of nitrogens with one attached hydrogen (secondary N) is 1. The standard InChI is InChI=1S/C11H17ClN4O3/c1-11(2,3)16-10(17)19-5-4-18-7-6-14-9(12)15-8(7)13/h6H,4-5H2,1-3H3,(H,16,17)(H2,13,14,15). The maximum atomic E-state index is 11.3. The van der Waals surface area contributed by atoms with Crippen LogP contribution in [0.3, 0.4) is 0 Å². The number of amides is 1. The highest BCUT2D eigenvalue weighted by atomic mass is 35.5. The molecule has 0 aromatic carbocycles. The molecule has 0 aliphatic rings. The third-order valence-corrected chi connectivity index (χ3v) is 1.99. The Kier molecular flexibility index (Phi) is 5.17. The number of ether oxygens (including phenoxy) is 2. The maximum Gasteiger partial charge on any atom is 0.407 e. The van der Waals surface area contributed by atoms with Gasteiger partial charge in [-0.1, -0.05) is 0 Å². The van der Waals surface area contributed by atoms with Gasteiger partial charge >= 0.3 is 6.09 Å². The van der Waals surface area contributed by atoms with Crippen LogP contribution in [0.25, 0.3) is 0 Å². The van der Waals surface area contributed by atoms with Crippen LogP contribution in [0.1, 0.15) is 20.8 Å². The van der Waals surface area contributed by atoms with Crippen molar-refractivity contribution in [1.82, 2.24) is 15.3 Å². The number of carbonyl (C=O) groups excluding carboxylic acids is 1. The highest BCUT2D eigenvalue weighted by Gasteiger charge is 2.14. The van der Waals surface area contributed by atoms with Crippen LogP contribution in [-0.2, 0) is 4.74 Å². The minimum Gasteiger partial charge on any atom is -0.485 e. The second kappa shape index (κ2) is 6.42. The normalized spacial score (nSPS) is 10.9. The SMILES string of the molecule is CC(C)(C)NC(=O)OCCOc1cnc(Cl)nc1N. The van der Waals surface area contributed by atoms with Gasteiger partial charge in [0.1, 0.15) is 13.2 Å². The molecule has 106 valence electrons. The van der Waals surface area contributed by atoms with Crippen LogP contribution in [0.5, 0.6) is 5.75 Å². The fraction of sp³-hybridized carbons (Fsp3) is 0.545. The Morgan fingerprint density at radius 1 is 1.47 bits per heavy atom. The number of nitrogen functional groups attached to an aromatic ring is 1. The smallest absolute Gasteiger partial charge is 0.407 e. The van der Waals surface area contributed by atoms with Crippen molar-refractivity contribution >= 4 is 23.5 Å². The fourth-order valence-electron chi connectivity index (χ4n) is 1.10. The first-order valence-corrected chi connectivity index (χ1v) is 6.01. The van der Waals surface area contributed by atoms with Crippen molar-refractivity contribution in [3.05, 3.63) is 11.5 Å². The molecule has 1 aromatic heterocycles. The van der Waals surface area contributed by atoms with Gasteiger partial charge in [0, 0.05) is 5.54 Å². The Morgan fingerprint density at radius 3 is 2.74 bits per heavy atom. The van der Waals surface area contributed by atoms with Crippen LogP contribution in [0, 0.1) is 0 Å². The summed E-state index contributed by atoms with van der Waals surface area (Å²) in [5, 5.41) is 2.70. The highest BCUT2D eigenvalue weighted by Crippen LogP contribution is 2.18. The molecule has 0 fully saturated rings. The monoisotopic (exact) mass is 288 g/mol. The molecule has 3 N–H and O–H groups in total. The van der Waals surface area contributed by atoms with Gasteiger partial charge in [0.15, 0.2) is 11.6 Å². The van der Waals surface area contributed by atoms with Gasteiger partial charge < -0.3 is 20.5 Å². The van der Waals surface area contributed by atoms with Gasteiger partial charge in [0.2, 0.25) is 5.28 Å². The molecule has 0 spiro atoms. The lowest BCUT2D eigenvalue weighted by Crippen LogP contribution is -2.41. The molecule has 0 radical (unpaired) electrons. The average Bonchev–Trinajstić information content (AvgIpc) is 2.24. The highest BCUT2D eigenvalue weighted by molar-refractivity contribution is 6.28. The summed E-state index contributed by atoms with van der Waals surface area (Å²) >= 11 is 5.55. The van der Waals surface area contributed by atoms with E-state index in [0.29, 0.717) is 5.75 Å². The predicted octanol–water partition coefficient (Wildman–Crippen LogP) is 1.62. The van der Waals surface area contributed by atoms with Crippen molar-refractivity contribution in [2.75, 3.05) is 18.9 Å². The van der Waals surface area contributed by atoms with Gasteiger partial charge in [0.25, 0.3) is 0 Å². The predicted molar refractivity (Wildman–Crippen MR) is 71.2 cm³/mol. The second-order valence-electron chi connectivity index (χ2n) is 4.75. The summed E-state index contributed by atoms with van der Waals surface area (Å²) in [6, 6.07) is 0. The van der Waals surface area contributed by atoms with E-state index >= 15 is 0 Å². The molecular formula is C11H17ClN4O3. The molecule has 0 aliphatic carbocycles. The number of aromatic nitrogens is 2. The Balaban J connectivity index is 2.29. The average molecular weight is 289 g/mol. The van der Waals surface area contributed by atoms with Crippen LogP contribution in [0.4, 0.5) is 10.6 Å². The van der Waals surface area contributed by atoms with Crippen molar-refractivity contribution in [3.8, 4) is 5.75 Å². The number of alkyl carbamates (subject to hydrolysis) is 1. The van der Waals surface area contributed by atoms with Crippen LogP contribution >= 0.6 is 11.6 Å². The van der Waals surface area contributed by atoms with Crippen LogP contribution < -0.4 is 15.8 Å². The summed E-state index contributed by atoms with van der Waals surface area (Å²) in [6.07, 6.45) is 0.858. The number of halogens is 1. The van der Waals surface area contributed by atoms with Crippen molar-refractivity contribution in [2.45, 2.75) is 26.3 Å². The zero-order valence-electron chi connectivity index (χ0n) is 11.1.